The normalized spacial score (nSPS) is 16.4. The molecule has 0 amide bonds. The number of guanidine groups is 1. The average Bonchev–Trinajstić information content (AvgIpc) is 2.99. The van der Waals surface area contributed by atoms with Crippen LogP contribution in [0.1, 0.15) is 45.2 Å². The lowest BCUT2D eigenvalue weighted by molar-refractivity contribution is -0.141. The molecule has 0 radical (unpaired) electrons. The van der Waals surface area contributed by atoms with Gasteiger partial charge in [-0.3, -0.25) is 9.79 Å². The van der Waals surface area contributed by atoms with E-state index in [4.69, 9.17) is 0 Å². The highest BCUT2D eigenvalue weighted by Gasteiger charge is 2.37. The minimum absolute atomic E-state index is 0.0637. The van der Waals surface area contributed by atoms with Crippen LogP contribution in [0, 0.1) is 11.3 Å². The highest BCUT2D eigenvalue weighted by atomic mass is 16.5. The van der Waals surface area contributed by atoms with Crippen LogP contribution in [0.3, 0.4) is 0 Å². The van der Waals surface area contributed by atoms with E-state index in [1.807, 2.05) is 0 Å². The quantitative estimate of drug-likeness (QED) is 0.417. The standard InChI is InChI=1S/C17H30N6O2/c1-13(2)8-17(6-5-7-17)12-20-16(18-3)19-9-14-10-23(22-21-14)11-15(24)25-4/h10,13H,5-9,11-12H2,1-4H3,(H2,18,19,20). The number of methoxy groups -OCH3 is 1. The van der Waals surface area contributed by atoms with Crippen LogP contribution in [0.2, 0.25) is 0 Å². The number of aliphatic imine (C=N–C) groups is 1. The van der Waals surface area contributed by atoms with E-state index < -0.39 is 0 Å². The smallest absolute Gasteiger partial charge is 0.327 e. The van der Waals surface area contributed by atoms with Crippen LogP contribution in [0.4, 0.5) is 0 Å². The average molecular weight is 350 g/mol. The molecule has 1 aromatic heterocycles. The van der Waals surface area contributed by atoms with E-state index in [9.17, 15) is 4.79 Å². The molecular formula is C17H30N6O2. The van der Waals surface area contributed by atoms with Crippen LogP contribution in [0.15, 0.2) is 11.2 Å². The fourth-order valence-electron chi connectivity index (χ4n) is 3.36. The largest absolute Gasteiger partial charge is 0.468 e. The van der Waals surface area contributed by atoms with Gasteiger partial charge < -0.3 is 15.4 Å². The van der Waals surface area contributed by atoms with Gasteiger partial charge in [0.2, 0.25) is 0 Å². The number of esters is 1. The molecule has 140 valence electrons. The molecule has 0 saturated heterocycles. The van der Waals surface area contributed by atoms with Crippen molar-refractivity contribution in [3.8, 4) is 0 Å². The van der Waals surface area contributed by atoms with Crippen molar-refractivity contribution >= 4 is 11.9 Å². The highest BCUT2D eigenvalue weighted by molar-refractivity contribution is 5.79. The molecule has 1 aliphatic rings. The number of hydrogen-bond donors (Lipinski definition) is 2. The summed E-state index contributed by atoms with van der Waals surface area (Å²) in [5.74, 6) is 1.12. The van der Waals surface area contributed by atoms with Crippen molar-refractivity contribution in [2.75, 3.05) is 20.7 Å². The second kappa shape index (κ2) is 8.82. The topological polar surface area (TPSA) is 93.4 Å². The fourth-order valence-corrected chi connectivity index (χ4v) is 3.36. The van der Waals surface area contributed by atoms with E-state index in [2.05, 4.69) is 44.5 Å². The molecule has 1 saturated carbocycles. The predicted molar refractivity (Wildman–Crippen MR) is 96.0 cm³/mol. The predicted octanol–water partition coefficient (Wildman–Crippen LogP) is 1.33. The maximum atomic E-state index is 11.2. The first-order valence-corrected chi connectivity index (χ1v) is 8.87. The summed E-state index contributed by atoms with van der Waals surface area (Å²) >= 11 is 0. The van der Waals surface area contributed by atoms with E-state index >= 15 is 0 Å². The Kier molecular flexibility index (Phi) is 6.78. The Morgan fingerprint density at radius 3 is 2.76 bits per heavy atom. The minimum Gasteiger partial charge on any atom is -0.468 e. The van der Waals surface area contributed by atoms with Crippen LogP contribution in [-0.2, 0) is 22.6 Å². The van der Waals surface area contributed by atoms with E-state index in [0.717, 1.165) is 18.2 Å². The van der Waals surface area contributed by atoms with E-state index in [0.29, 0.717) is 17.9 Å². The zero-order valence-electron chi connectivity index (χ0n) is 15.7. The third-order valence-corrected chi connectivity index (χ3v) is 4.65. The van der Waals surface area contributed by atoms with Gasteiger partial charge in [0.25, 0.3) is 0 Å². The van der Waals surface area contributed by atoms with Gasteiger partial charge in [0, 0.05) is 13.6 Å². The molecule has 2 rings (SSSR count). The second-order valence-corrected chi connectivity index (χ2v) is 7.21. The number of carbonyl (C=O) groups excluding carboxylic acids is 1. The zero-order valence-corrected chi connectivity index (χ0v) is 15.7. The first kappa shape index (κ1) is 19.2. The molecule has 8 heteroatoms. The van der Waals surface area contributed by atoms with Crippen molar-refractivity contribution < 1.29 is 9.53 Å². The van der Waals surface area contributed by atoms with Crippen molar-refractivity contribution in [1.29, 1.82) is 0 Å². The van der Waals surface area contributed by atoms with E-state index in [1.165, 1.54) is 37.5 Å². The van der Waals surface area contributed by atoms with Crippen molar-refractivity contribution in [2.45, 2.75) is 52.6 Å². The summed E-state index contributed by atoms with van der Waals surface area (Å²) in [5, 5.41) is 14.7. The van der Waals surface area contributed by atoms with Crippen LogP contribution in [-0.4, -0.2) is 47.6 Å². The Morgan fingerprint density at radius 2 is 2.20 bits per heavy atom. The third kappa shape index (κ3) is 5.72. The lowest BCUT2D eigenvalue weighted by Crippen LogP contribution is -2.46. The molecule has 1 heterocycles. The maximum Gasteiger partial charge on any atom is 0.327 e. The first-order valence-electron chi connectivity index (χ1n) is 8.87. The Bertz CT molecular complexity index is 592. The Hall–Kier alpha value is -2.12. The summed E-state index contributed by atoms with van der Waals surface area (Å²) in [6.07, 6.45) is 6.88. The monoisotopic (exact) mass is 350 g/mol. The van der Waals surface area contributed by atoms with Crippen molar-refractivity contribution in [2.24, 2.45) is 16.3 Å². The van der Waals surface area contributed by atoms with Crippen LogP contribution >= 0.6 is 0 Å². The summed E-state index contributed by atoms with van der Waals surface area (Å²) < 4.78 is 6.08. The molecule has 1 fully saturated rings. The Balaban J connectivity index is 1.79. The molecule has 25 heavy (non-hydrogen) atoms. The summed E-state index contributed by atoms with van der Waals surface area (Å²) in [6.45, 7) is 6.07. The van der Waals surface area contributed by atoms with Gasteiger partial charge in [-0.05, 0) is 30.6 Å². The molecule has 0 spiro atoms. The van der Waals surface area contributed by atoms with Gasteiger partial charge in [-0.1, -0.05) is 25.5 Å². The Morgan fingerprint density at radius 1 is 1.44 bits per heavy atom. The van der Waals surface area contributed by atoms with Gasteiger partial charge in [0.1, 0.15) is 12.2 Å². The van der Waals surface area contributed by atoms with Gasteiger partial charge in [0.15, 0.2) is 5.96 Å². The number of hydrogen-bond acceptors (Lipinski definition) is 5. The Labute approximate surface area is 149 Å². The fraction of sp³-hybridized carbons (Fsp3) is 0.765. The van der Waals surface area contributed by atoms with Crippen LogP contribution in [0.25, 0.3) is 0 Å². The lowest BCUT2D eigenvalue weighted by Gasteiger charge is -2.43. The van der Waals surface area contributed by atoms with Gasteiger partial charge in [-0.25, -0.2) is 4.68 Å². The zero-order chi connectivity index (χ0) is 18.3. The number of nitrogens with one attached hydrogen (secondary N) is 2. The van der Waals surface area contributed by atoms with Crippen molar-refractivity contribution in [1.82, 2.24) is 25.6 Å². The molecule has 1 aromatic rings. The molecule has 0 aliphatic heterocycles. The van der Waals surface area contributed by atoms with Crippen molar-refractivity contribution in [3.63, 3.8) is 0 Å². The van der Waals surface area contributed by atoms with Gasteiger partial charge in [-0.2, -0.15) is 0 Å². The number of aromatic nitrogens is 3. The summed E-state index contributed by atoms with van der Waals surface area (Å²) in [5.41, 5.74) is 1.16. The van der Waals surface area contributed by atoms with Crippen LogP contribution < -0.4 is 10.6 Å². The molecule has 0 aromatic carbocycles. The second-order valence-electron chi connectivity index (χ2n) is 7.21. The van der Waals surface area contributed by atoms with Gasteiger partial charge in [-0.15, -0.1) is 5.10 Å². The number of carbonyl (C=O) groups is 1. The van der Waals surface area contributed by atoms with Gasteiger partial charge in [0.05, 0.1) is 19.9 Å². The number of ether oxygens (including phenoxy) is 1. The minimum atomic E-state index is -0.349. The molecule has 0 bridgehead atoms. The number of rotatable bonds is 8. The van der Waals surface area contributed by atoms with Gasteiger partial charge >= 0.3 is 5.97 Å². The third-order valence-electron chi connectivity index (χ3n) is 4.65. The summed E-state index contributed by atoms with van der Waals surface area (Å²) in [4.78, 5) is 15.5. The summed E-state index contributed by atoms with van der Waals surface area (Å²) in [7, 11) is 3.12. The molecule has 1 aliphatic carbocycles. The number of nitrogens with zero attached hydrogens (tertiary/aromatic N) is 4. The molecular weight excluding hydrogens is 320 g/mol. The van der Waals surface area contributed by atoms with E-state index in [1.54, 1.807) is 13.2 Å². The molecule has 0 atom stereocenters. The van der Waals surface area contributed by atoms with E-state index in [-0.39, 0.29) is 12.5 Å². The lowest BCUT2D eigenvalue weighted by atomic mass is 9.64. The maximum absolute atomic E-state index is 11.2. The molecule has 2 N–H and O–H groups in total. The van der Waals surface area contributed by atoms with Crippen LogP contribution in [0.5, 0.6) is 0 Å². The first-order chi connectivity index (χ1) is 12.0. The molecule has 8 nitrogen and oxygen atoms in total. The summed E-state index contributed by atoms with van der Waals surface area (Å²) in [6, 6.07) is 0. The molecule has 0 unspecified atom stereocenters. The van der Waals surface area contributed by atoms with Crippen molar-refractivity contribution in [3.05, 3.63) is 11.9 Å². The SMILES string of the molecule is CN=C(NCc1cn(CC(=O)OC)nn1)NCC1(CC(C)C)CCC1. The highest BCUT2D eigenvalue weighted by Crippen LogP contribution is 2.45.